The molecule has 2 N–H and O–H groups in total. The molecule has 7 nitrogen and oxygen atoms in total. The zero-order valence-corrected chi connectivity index (χ0v) is 12.3. The number of anilines is 2. The molecule has 3 rings (SSSR count). The van der Waals surface area contributed by atoms with Crippen LogP contribution in [0.3, 0.4) is 0 Å². The maximum absolute atomic E-state index is 5.82. The number of nitrogens with two attached hydrogens (primary N) is 1. The summed E-state index contributed by atoms with van der Waals surface area (Å²) in [5.74, 6) is 2.03. The molecule has 1 aromatic rings. The highest BCUT2D eigenvalue weighted by atomic mass is 16.5. The van der Waals surface area contributed by atoms with Crippen molar-refractivity contribution in [2.24, 2.45) is 5.73 Å². The molecular formula is C14H23N5O2. The van der Waals surface area contributed by atoms with Crippen molar-refractivity contribution in [2.75, 3.05) is 69.0 Å². The lowest BCUT2D eigenvalue weighted by Gasteiger charge is -2.33. The van der Waals surface area contributed by atoms with Crippen LogP contribution < -0.4 is 15.5 Å². The Morgan fingerprint density at radius 3 is 1.81 bits per heavy atom. The second-order valence-electron chi connectivity index (χ2n) is 5.24. The van der Waals surface area contributed by atoms with Gasteiger partial charge in [0.05, 0.1) is 26.4 Å². The van der Waals surface area contributed by atoms with Gasteiger partial charge in [-0.2, -0.15) is 0 Å². The first-order chi connectivity index (χ1) is 10.4. The summed E-state index contributed by atoms with van der Waals surface area (Å²) in [5.41, 5.74) is 6.97. The standard InChI is InChI=1S/C14H23N5O2/c15-2-1-12-13(18-3-7-20-8-4-18)16-11-17-14(12)19-5-9-21-10-6-19/h11H,1-10,15H2. The molecular weight excluding hydrogens is 270 g/mol. The van der Waals surface area contributed by atoms with E-state index >= 15 is 0 Å². The molecule has 2 saturated heterocycles. The smallest absolute Gasteiger partial charge is 0.137 e. The zero-order valence-electron chi connectivity index (χ0n) is 12.3. The maximum atomic E-state index is 5.82. The van der Waals surface area contributed by atoms with Crippen molar-refractivity contribution in [1.82, 2.24) is 9.97 Å². The molecule has 116 valence electrons. The predicted octanol–water partition coefficient (Wildman–Crippen LogP) is -0.349. The molecule has 0 atom stereocenters. The quantitative estimate of drug-likeness (QED) is 0.813. The number of ether oxygens (including phenoxy) is 2. The number of hydrogen-bond donors (Lipinski definition) is 1. The predicted molar refractivity (Wildman–Crippen MR) is 80.9 cm³/mol. The molecule has 7 heteroatoms. The van der Waals surface area contributed by atoms with Gasteiger partial charge in [0, 0.05) is 31.7 Å². The van der Waals surface area contributed by atoms with E-state index in [0.717, 1.165) is 76.2 Å². The van der Waals surface area contributed by atoms with Crippen LogP contribution in [0.25, 0.3) is 0 Å². The van der Waals surface area contributed by atoms with Crippen molar-refractivity contribution in [3.05, 3.63) is 11.9 Å². The van der Waals surface area contributed by atoms with Crippen LogP contribution in [0.4, 0.5) is 11.6 Å². The largest absolute Gasteiger partial charge is 0.378 e. The summed E-state index contributed by atoms with van der Waals surface area (Å²) < 4.78 is 10.9. The van der Waals surface area contributed by atoms with Crippen LogP contribution in [-0.2, 0) is 15.9 Å². The SMILES string of the molecule is NCCc1c(N2CCOCC2)ncnc1N1CCOCC1. The zero-order chi connectivity index (χ0) is 14.5. The molecule has 0 radical (unpaired) electrons. The highest BCUT2D eigenvalue weighted by Crippen LogP contribution is 2.27. The maximum Gasteiger partial charge on any atom is 0.137 e. The van der Waals surface area contributed by atoms with Crippen molar-refractivity contribution in [3.8, 4) is 0 Å². The Labute approximate surface area is 125 Å². The fraction of sp³-hybridized carbons (Fsp3) is 0.714. The molecule has 3 heterocycles. The molecule has 21 heavy (non-hydrogen) atoms. The molecule has 2 fully saturated rings. The number of hydrogen-bond acceptors (Lipinski definition) is 7. The van der Waals surface area contributed by atoms with Crippen molar-refractivity contribution in [1.29, 1.82) is 0 Å². The number of nitrogens with zero attached hydrogens (tertiary/aromatic N) is 4. The van der Waals surface area contributed by atoms with Gasteiger partial charge in [-0.1, -0.05) is 0 Å². The van der Waals surface area contributed by atoms with Crippen LogP contribution >= 0.6 is 0 Å². The van der Waals surface area contributed by atoms with Gasteiger partial charge >= 0.3 is 0 Å². The van der Waals surface area contributed by atoms with Crippen LogP contribution in [-0.4, -0.2) is 69.1 Å². The third-order valence-corrected chi connectivity index (χ3v) is 3.92. The summed E-state index contributed by atoms with van der Waals surface area (Å²) in [4.78, 5) is 13.6. The summed E-state index contributed by atoms with van der Waals surface area (Å²) in [7, 11) is 0. The van der Waals surface area contributed by atoms with Gasteiger partial charge in [-0.15, -0.1) is 0 Å². The molecule has 0 aromatic carbocycles. The van der Waals surface area contributed by atoms with E-state index in [9.17, 15) is 0 Å². The Morgan fingerprint density at radius 1 is 0.905 bits per heavy atom. The monoisotopic (exact) mass is 293 g/mol. The lowest BCUT2D eigenvalue weighted by atomic mass is 10.1. The summed E-state index contributed by atoms with van der Waals surface area (Å²) >= 11 is 0. The normalized spacial score (nSPS) is 19.9. The Hall–Kier alpha value is -1.44. The fourth-order valence-corrected chi connectivity index (χ4v) is 2.86. The molecule has 0 bridgehead atoms. The first-order valence-corrected chi connectivity index (χ1v) is 7.59. The summed E-state index contributed by atoms with van der Waals surface area (Å²) in [6.07, 6.45) is 2.45. The average molecular weight is 293 g/mol. The topological polar surface area (TPSA) is 76.7 Å². The van der Waals surface area contributed by atoms with Crippen molar-refractivity contribution in [2.45, 2.75) is 6.42 Å². The van der Waals surface area contributed by atoms with Crippen molar-refractivity contribution < 1.29 is 9.47 Å². The second-order valence-corrected chi connectivity index (χ2v) is 5.24. The Morgan fingerprint density at radius 2 is 1.38 bits per heavy atom. The Kier molecular flexibility index (Phi) is 4.84. The van der Waals surface area contributed by atoms with Gasteiger partial charge in [0.1, 0.15) is 18.0 Å². The van der Waals surface area contributed by atoms with Crippen LogP contribution in [0.2, 0.25) is 0 Å². The van der Waals surface area contributed by atoms with Gasteiger partial charge in [-0.05, 0) is 13.0 Å². The highest BCUT2D eigenvalue weighted by Gasteiger charge is 2.22. The molecule has 0 unspecified atom stereocenters. The summed E-state index contributed by atoms with van der Waals surface area (Å²) in [6, 6.07) is 0. The van der Waals surface area contributed by atoms with E-state index in [-0.39, 0.29) is 0 Å². The molecule has 2 aliphatic heterocycles. The van der Waals surface area contributed by atoms with Crippen LogP contribution in [0, 0.1) is 0 Å². The number of morpholine rings is 2. The molecule has 0 aliphatic carbocycles. The highest BCUT2D eigenvalue weighted by molar-refractivity contribution is 5.60. The third kappa shape index (κ3) is 3.25. The molecule has 1 aromatic heterocycles. The lowest BCUT2D eigenvalue weighted by molar-refractivity contribution is 0.121. The Bertz CT molecular complexity index is 422. The third-order valence-electron chi connectivity index (χ3n) is 3.92. The van der Waals surface area contributed by atoms with Gasteiger partial charge in [0.25, 0.3) is 0 Å². The van der Waals surface area contributed by atoms with Gasteiger partial charge in [0.15, 0.2) is 0 Å². The van der Waals surface area contributed by atoms with Crippen molar-refractivity contribution >= 4 is 11.6 Å². The van der Waals surface area contributed by atoms with Gasteiger partial charge in [-0.3, -0.25) is 0 Å². The van der Waals surface area contributed by atoms with E-state index in [1.165, 1.54) is 0 Å². The molecule has 0 saturated carbocycles. The molecule has 2 aliphatic rings. The minimum absolute atomic E-state index is 0.599. The van der Waals surface area contributed by atoms with E-state index in [2.05, 4.69) is 19.8 Å². The lowest BCUT2D eigenvalue weighted by Crippen LogP contribution is -2.40. The minimum Gasteiger partial charge on any atom is -0.378 e. The van der Waals surface area contributed by atoms with Crippen LogP contribution in [0.5, 0.6) is 0 Å². The molecule has 0 amide bonds. The average Bonchev–Trinajstić information content (AvgIpc) is 2.57. The molecule has 0 spiro atoms. The van der Waals surface area contributed by atoms with Gasteiger partial charge in [-0.25, -0.2) is 9.97 Å². The summed E-state index contributed by atoms with van der Waals surface area (Å²) in [6.45, 7) is 7.08. The van der Waals surface area contributed by atoms with E-state index < -0.39 is 0 Å². The minimum atomic E-state index is 0.599. The fourth-order valence-electron chi connectivity index (χ4n) is 2.86. The van der Waals surface area contributed by atoms with Gasteiger partial charge < -0.3 is 25.0 Å². The number of aromatic nitrogens is 2. The summed E-state index contributed by atoms with van der Waals surface area (Å²) in [5, 5.41) is 0. The second kappa shape index (κ2) is 7.02. The first kappa shape index (κ1) is 14.5. The van der Waals surface area contributed by atoms with E-state index in [1.807, 2.05) is 0 Å². The van der Waals surface area contributed by atoms with E-state index in [4.69, 9.17) is 15.2 Å². The van der Waals surface area contributed by atoms with Crippen LogP contribution in [0.15, 0.2) is 6.33 Å². The van der Waals surface area contributed by atoms with Crippen LogP contribution in [0.1, 0.15) is 5.56 Å². The van der Waals surface area contributed by atoms with Gasteiger partial charge in [0.2, 0.25) is 0 Å². The first-order valence-electron chi connectivity index (χ1n) is 7.59. The Balaban J connectivity index is 1.91. The van der Waals surface area contributed by atoms with Crippen molar-refractivity contribution in [3.63, 3.8) is 0 Å². The van der Waals surface area contributed by atoms with E-state index in [0.29, 0.717) is 6.54 Å². The number of rotatable bonds is 4. The van der Waals surface area contributed by atoms with E-state index in [1.54, 1.807) is 6.33 Å².